The normalized spacial score (nSPS) is 11.0. The maximum atomic E-state index is 12.4. The van der Waals surface area contributed by atoms with E-state index in [1.165, 1.54) is 4.88 Å². The maximum absolute atomic E-state index is 12.4. The van der Waals surface area contributed by atoms with Crippen molar-refractivity contribution >= 4 is 22.9 Å². The summed E-state index contributed by atoms with van der Waals surface area (Å²) in [4.78, 5) is 15.7. The van der Waals surface area contributed by atoms with Crippen molar-refractivity contribution in [1.29, 1.82) is 0 Å². The predicted molar refractivity (Wildman–Crippen MR) is 102 cm³/mol. The maximum Gasteiger partial charge on any atom is 0.238 e. The zero-order valence-corrected chi connectivity index (χ0v) is 15.5. The number of carbonyl (C=O) groups is 1. The van der Waals surface area contributed by atoms with Crippen LogP contribution < -0.4 is 5.32 Å². The van der Waals surface area contributed by atoms with E-state index < -0.39 is 0 Å². The number of carbonyl (C=O) groups excluding carboxylic acids is 1. The fourth-order valence-electron chi connectivity index (χ4n) is 2.79. The molecule has 0 aliphatic heterocycles. The second-order valence-corrected chi connectivity index (χ2v) is 7.13. The molecule has 0 aliphatic rings. The minimum absolute atomic E-state index is 0.0298. The Balaban J connectivity index is 1.68. The number of nitrogens with zero attached hydrogens (tertiary/aromatic N) is 3. The smallest absolute Gasteiger partial charge is 0.238 e. The summed E-state index contributed by atoms with van der Waals surface area (Å²) in [6.45, 7) is 5.00. The third kappa shape index (κ3) is 4.15. The Hall–Kier alpha value is -2.44. The zero-order valence-electron chi connectivity index (χ0n) is 14.7. The van der Waals surface area contributed by atoms with Crippen LogP contribution >= 0.6 is 11.3 Å². The Morgan fingerprint density at radius 2 is 1.96 bits per heavy atom. The van der Waals surface area contributed by atoms with E-state index in [-0.39, 0.29) is 5.91 Å². The third-order valence-electron chi connectivity index (χ3n) is 3.98. The van der Waals surface area contributed by atoms with E-state index in [0.29, 0.717) is 6.54 Å². The molecule has 0 saturated carbocycles. The van der Waals surface area contributed by atoms with Crippen molar-refractivity contribution in [3.8, 4) is 5.69 Å². The number of aryl methyl sites for hydroxylation is 1. The van der Waals surface area contributed by atoms with Crippen LogP contribution in [0.2, 0.25) is 0 Å². The topological polar surface area (TPSA) is 50.2 Å². The largest absolute Gasteiger partial charge is 0.322 e. The van der Waals surface area contributed by atoms with E-state index in [9.17, 15) is 4.79 Å². The third-order valence-corrected chi connectivity index (χ3v) is 4.84. The second-order valence-electron chi connectivity index (χ2n) is 6.09. The van der Waals surface area contributed by atoms with Gasteiger partial charge in [-0.05, 0) is 44.5 Å². The van der Waals surface area contributed by atoms with E-state index in [0.717, 1.165) is 29.3 Å². The van der Waals surface area contributed by atoms with Gasteiger partial charge in [0.15, 0.2) is 0 Å². The molecule has 1 aromatic carbocycles. The molecule has 0 bridgehead atoms. The number of nitrogens with one attached hydrogen (secondary N) is 1. The highest BCUT2D eigenvalue weighted by molar-refractivity contribution is 7.09. The molecular weight excluding hydrogens is 332 g/mol. The Kier molecular flexibility index (Phi) is 5.31. The van der Waals surface area contributed by atoms with Crippen LogP contribution in [0.25, 0.3) is 5.69 Å². The van der Waals surface area contributed by atoms with Crippen molar-refractivity contribution in [2.24, 2.45) is 0 Å². The van der Waals surface area contributed by atoms with Crippen molar-refractivity contribution in [3.05, 3.63) is 64.1 Å². The number of anilines is 1. The molecule has 25 heavy (non-hydrogen) atoms. The predicted octanol–water partition coefficient (Wildman–Crippen LogP) is 3.62. The minimum atomic E-state index is -0.0298. The summed E-state index contributed by atoms with van der Waals surface area (Å²) in [5.74, 6) is -0.0298. The first kappa shape index (κ1) is 17.4. The van der Waals surface area contributed by atoms with E-state index in [1.54, 1.807) is 11.3 Å². The van der Waals surface area contributed by atoms with E-state index in [1.807, 2.05) is 72.3 Å². The lowest BCUT2D eigenvalue weighted by molar-refractivity contribution is -0.117. The van der Waals surface area contributed by atoms with Gasteiger partial charge < -0.3 is 5.32 Å². The first-order chi connectivity index (χ1) is 12.0. The number of rotatable bonds is 6. The molecule has 0 spiro atoms. The average Bonchev–Trinajstić information content (AvgIpc) is 3.19. The highest BCUT2D eigenvalue weighted by Crippen LogP contribution is 2.22. The summed E-state index contributed by atoms with van der Waals surface area (Å²) >= 11 is 1.70. The van der Waals surface area contributed by atoms with Crippen LogP contribution in [0.1, 0.15) is 16.3 Å². The van der Waals surface area contributed by atoms with E-state index >= 15 is 0 Å². The fraction of sp³-hybridized carbons (Fsp3) is 0.263. The molecule has 6 heteroatoms. The van der Waals surface area contributed by atoms with Crippen LogP contribution in [0.15, 0.2) is 47.8 Å². The summed E-state index contributed by atoms with van der Waals surface area (Å²) < 4.78 is 1.86. The second kappa shape index (κ2) is 7.63. The van der Waals surface area contributed by atoms with Gasteiger partial charge in [0.1, 0.15) is 0 Å². The Labute approximate surface area is 151 Å². The van der Waals surface area contributed by atoms with Gasteiger partial charge in [0.05, 0.1) is 29.3 Å². The highest BCUT2D eigenvalue weighted by atomic mass is 32.1. The summed E-state index contributed by atoms with van der Waals surface area (Å²) in [7, 11) is 1.95. The molecule has 2 heterocycles. The van der Waals surface area contributed by atoms with Gasteiger partial charge in [0, 0.05) is 11.4 Å². The highest BCUT2D eigenvalue weighted by Gasteiger charge is 2.16. The van der Waals surface area contributed by atoms with E-state index in [4.69, 9.17) is 0 Å². The van der Waals surface area contributed by atoms with Crippen LogP contribution in [0.3, 0.4) is 0 Å². The quantitative estimate of drug-likeness (QED) is 0.735. The average molecular weight is 354 g/mol. The van der Waals surface area contributed by atoms with Crippen LogP contribution in [0.5, 0.6) is 0 Å². The van der Waals surface area contributed by atoms with Crippen LogP contribution in [0.4, 0.5) is 5.69 Å². The SMILES string of the molecule is Cc1nn(-c2ccccc2)c(C)c1NC(=O)CN(C)Cc1cccs1. The van der Waals surface area contributed by atoms with Gasteiger partial charge in [-0.2, -0.15) is 5.10 Å². The van der Waals surface area contributed by atoms with Crippen molar-refractivity contribution < 1.29 is 4.79 Å². The molecule has 3 aromatic rings. The number of amides is 1. The Morgan fingerprint density at radius 3 is 2.64 bits per heavy atom. The van der Waals surface area contributed by atoms with Crippen LogP contribution in [0, 0.1) is 13.8 Å². The standard InChI is InChI=1S/C19H22N4OS/c1-14-19(15(2)23(21-14)16-8-5-4-6-9-16)20-18(24)13-22(3)12-17-10-7-11-25-17/h4-11H,12-13H2,1-3H3,(H,20,24). The zero-order chi connectivity index (χ0) is 17.8. The summed E-state index contributed by atoms with van der Waals surface area (Å²) in [5.41, 5.74) is 3.52. The number of likely N-dealkylation sites (N-methyl/N-ethyl adjacent to an activating group) is 1. The molecule has 1 N–H and O–H groups in total. The van der Waals surface area contributed by atoms with Crippen molar-refractivity contribution in [3.63, 3.8) is 0 Å². The van der Waals surface area contributed by atoms with Crippen LogP contribution in [-0.4, -0.2) is 34.2 Å². The van der Waals surface area contributed by atoms with Gasteiger partial charge in [0.2, 0.25) is 5.91 Å². The van der Waals surface area contributed by atoms with E-state index in [2.05, 4.69) is 16.5 Å². The van der Waals surface area contributed by atoms with Crippen molar-refractivity contribution in [2.45, 2.75) is 20.4 Å². The molecule has 1 amide bonds. The summed E-state index contributed by atoms with van der Waals surface area (Å²) in [6, 6.07) is 14.0. The lowest BCUT2D eigenvalue weighted by Gasteiger charge is -2.15. The molecule has 130 valence electrons. The number of para-hydroxylation sites is 1. The molecule has 0 fully saturated rings. The molecule has 3 rings (SSSR count). The lowest BCUT2D eigenvalue weighted by Crippen LogP contribution is -2.29. The summed E-state index contributed by atoms with van der Waals surface area (Å²) in [6.07, 6.45) is 0. The Morgan fingerprint density at radius 1 is 1.20 bits per heavy atom. The van der Waals surface area contributed by atoms with Gasteiger partial charge in [-0.15, -0.1) is 11.3 Å². The molecule has 0 unspecified atom stereocenters. The van der Waals surface area contributed by atoms with Crippen LogP contribution in [-0.2, 0) is 11.3 Å². The molecule has 0 aliphatic carbocycles. The van der Waals surface area contributed by atoms with Gasteiger partial charge >= 0.3 is 0 Å². The van der Waals surface area contributed by atoms with Crippen molar-refractivity contribution in [1.82, 2.24) is 14.7 Å². The van der Waals surface area contributed by atoms with Crippen molar-refractivity contribution in [2.75, 3.05) is 18.9 Å². The summed E-state index contributed by atoms with van der Waals surface area (Å²) in [5, 5.41) is 9.63. The van der Waals surface area contributed by atoms with Gasteiger partial charge in [-0.1, -0.05) is 24.3 Å². The molecule has 0 radical (unpaired) electrons. The molecule has 0 atom stereocenters. The molecule has 2 aromatic heterocycles. The lowest BCUT2D eigenvalue weighted by atomic mass is 10.3. The molecule has 0 saturated heterocycles. The number of aromatic nitrogens is 2. The number of hydrogen-bond acceptors (Lipinski definition) is 4. The first-order valence-electron chi connectivity index (χ1n) is 8.17. The minimum Gasteiger partial charge on any atom is -0.322 e. The first-order valence-corrected chi connectivity index (χ1v) is 9.05. The fourth-order valence-corrected chi connectivity index (χ4v) is 3.58. The Bertz CT molecular complexity index is 840. The molecular formula is C19H22N4OS. The van der Waals surface area contributed by atoms with Gasteiger partial charge in [-0.3, -0.25) is 9.69 Å². The number of hydrogen-bond donors (Lipinski definition) is 1. The monoisotopic (exact) mass is 354 g/mol. The van der Waals surface area contributed by atoms with Gasteiger partial charge in [0.25, 0.3) is 0 Å². The van der Waals surface area contributed by atoms with Gasteiger partial charge in [-0.25, -0.2) is 4.68 Å². The number of benzene rings is 1. The number of thiophene rings is 1. The molecule has 5 nitrogen and oxygen atoms in total.